The van der Waals surface area contributed by atoms with Gasteiger partial charge in [0.2, 0.25) is 5.91 Å². The highest BCUT2D eigenvalue weighted by atomic mass is 16.1. The number of nitrogens with one attached hydrogen (secondary N) is 1. The zero-order chi connectivity index (χ0) is 11.3. The summed E-state index contributed by atoms with van der Waals surface area (Å²) >= 11 is 0. The van der Waals surface area contributed by atoms with Crippen LogP contribution in [0.5, 0.6) is 0 Å². The third-order valence-electron chi connectivity index (χ3n) is 3.33. The molecule has 15 heavy (non-hydrogen) atoms. The fourth-order valence-corrected chi connectivity index (χ4v) is 2.30. The Bertz CT molecular complexity index is 204. The largest absolute Gasteiger partial charge is 0.356 e. The molecule has 0 radical (unpaired) electrons. The molecule has 3 N–H and O–H groups in total. The molecule has 3 atom stereocenters. The van der Waals surface area contributed by atoms with Gasteiger partial charge in [-0.3, -0.25) is 4.79 Å². The monoisotopic (exact) mass is 212 g/mol. The maximum absolute atomic E-state index is 11.8. The molecular weight excluding hydrogens is 188 g/mol. The second kappa shape index (κ2) is 6.11. The van der Waals surface area contributed by atoms with Crippen molar-refractivity contribution < 1.29 is 4.79 Å². The molecule has 0 aromatic rings. The molecule has 0 saturated heterocycles. The Kier molecular flexibility index (Phi) is 5.09. The van der Waals surface area contributed by atoms with Crippen LogP contribution in [-0.2, 0) is 4.79 Å². The van der Waals surface area contributed by atoms with Crippen molar-refractivity contribution in [3.05, 3.63) is 0 Å². The van der Waals surface area contributed by atoms with Crippen molar-refractivity contribution in [1.29, 1.82) is 0 Å². The third kappa shape index (κ3) is 4.20. The number of amides is 1. The molecule has 88 valence electrons. The van der Waals surface area contributed by atoms with E-state index < -0.39 is 0 Å². The average Bonchev–Trinajstić information content (AvgIpc) is 2.58. The van der Waals surface area contributed by atoms with Crippen LogP contribution in [0.2, 0.25) is 0 Å². The quantitative estimate of drug-likeness (QED) is 0.681. The van der Waals surface area contributed by atoms with Gasteiger partial charge < -0.3 is 11.1 Å². The van der Waals surface area contributed by atoms with Crippen molar-refractivity contribution in [2.75, 3.05) is 6.54 Å². The van der Waals surface area contributed by atoms with Gasteiger partial charge in [0.25, 0.3) is 0 Å². The maximum atomic E-state index is 11.8. The first-order valence-corrected chi connectivity index (χ1v) is 6.14. The molecule has 1 amide bonds. The summed E-state index contributed by atoms with van der Waals surface area (Å²) in [7, 11) is 0. The van der Waals surface area contributed by atoms with Gasteiger partial charge in [0.05, 0.1) is 0 Å². The van der Waals surface area contributed by atoms with Crippen LogP contribution in [0, 0.1) is 11.8 Å². The molecule has 0 spiro atoms. The van der Waals surface area contributed by atoms with Crippen LogP contribution in [0.15, 0.2) is 0 Å². The number of carbonyl (C=O) groups excluding carboxylic acids is 1. The van der Waals surface area contributed by atoms with Crippen LogP contribution < -0.4 is 11.1 Å². The van der Waals surface area contributed by atoms with E-state index >= 15 is 0 Å². The topological polar surface area (TPSA) is 55.1 Å². The van der Waals surface area contributed by atoms with Gasteiger partial charge in [-0.15, -0.1) is 0 Å². The molecule has 0 bridgehead atoms. The summed E-state index contributed by atoms with van der Waals surface area (Å²) in [5.41, 5.74) is 5.64. The zero-order valence-electron chi connectivity index (χ0n) is 9.96. The van der Waals surface area contributed by atoms with Crippen LogP contribution in [0.3, 0.4) is 0 Å². The van der Waals surface area contributed by atoms with E-state index in [9.17, 15) is 4.79 Å². The highest BCUT2D eigenvalue weighted by molar-refractivity contribution is 5.79. The molecule has 1 fully saturated rings. The molecule has 3 unspecified atom stereocenters. The fraction of sp³-hybridized carbons (Fsp3) is 0.917. The summed E-state index contributed by atoms with van der Waals surface area (Å²) in [4.78, 5) is 11.8. The lowest BCUT2D eigenvalue weighted by molar-refractivity contribution is -0.125. The number of hydrogen-bond acceptors (Lipinski definition) is 2. The molecule has 3 heteroatoms. The Morgan fingerprint density at radius 1 is 1.53 bits per heavy atom. The van der Waals surface area contributed by atoms with Gasteiger partial charge in [-0.05, 0) is 38.5 Å². The number of carbonyl (C=O) groups is 1. The summed E-state index contributed by atoms with van der Waals surface area (Å²) in [6, 6.07) is 0.243. The Balaban J connectivity index is 2.13. The Morgan fingerprint density at radius 3 is 2.80 bits per heavy atom. The van der Waals surface area contributed by atoms with Gasteiger partial charge >= 0.3 is 0 Å². The highest BCUT2D eigenvalue weighted by Crippen LogP contribution is 2.30. The van der Waals surface area contributed by atoms with Crippen LogP contribution in [0.4, 0.5) is 0 Å². The normalized spacial score (nSPS) is 27.7. The summed E-state index contributed by atoms with van der Waals surface area (Å²) in [5, 5.41) is 3.02. The molecule has 0 aliphatic heterocycles. The van der Waals surface area contributed by atoms with Crippen molar-refractivity contribution in [1.82, 2.24) is 5.32 Å². The molecule has 3 nitrogen and oxygen atoms in total. The first-order chi connectivity index (χ1) is 7.11. The van der Waals surface area contributed by atoms with Crippen molar-refractivity contribution in [2.45, 2.75) is 52.0 Å². The first-order valence-electron chi connectivity index (χ1n) is 6.14. The van der Waals surface area contributed by atoms with Crippen LogP contribution in [0.25, 0.3) is 0 Å². The second-order valence-electron chi connectivity index (χ2n) is 4.93. The van der Waals surface area contributed by atoms with Gasteiger partial charge in [-0.1, -0.05) is 13.3 Å². The standard InChI is InChI=1S/C12H24N2O/c1-9-5-3-7-11(9)12(15)14-8-4-6-10(2)13/h9-11H,3-8,13H2,1-2H3,(H,14,15). The summed E-state index contributed by atoms with van der Waals surface area (Å²) in [6.07, 6.45) is 5.46. The van der Waals surface area contributed by atoms with E-state index in [1.54, 1.807) is 0 Å². The van der Waals surface area contributed by atoms with E-state index in [0.29, 0.717) is 5.92 Å². The van der Waals surface area contributed by atoms with Crippen molar-refractivity contribution in [2.24, 2.45) is 17.6 Å². The molecule has 1 aliphatic carbocycles. The van der Waals surface area contributed by atoms with Crippen LogP contribution in [-0.4, -0.2) is 18.5 Å². The fourth-order valence-electron chi connectivity index (χ4n) is 2.30. The summed E-state index contributed by atoms with van der Waals surface area (Å²) in [6.45, 7) is 4.96. The summed E-state index contributed by atoms with van der Waals surface area (Å²) < 4.78 is 0. The van der Waals surface area contributed by atoms with Gasteiger partial charge in [-0.2, -0.15) is 0 Å². The number of rotatable bonds is 5. The lowest BCUT2D eigenvalue weighted by Gasteiger charge is -2.15. The van der Waals surface area contributed by atoms with E-state index in [4.69, 9.17) is 5.73 Å². The third-order valence-corrected chi connectivity index (χ3v) is 3.33. The molecule has 1 aliphatic rings. The Labute approximate surface area is 92.8 Å². The van der Waals surface area contributed by atoms with Gasteiger partial charge in [0.15, 0.2) is 0 Å². The molecule has 0 aromatic heterocycles. The smallest absolute Gasteiger partial charge is 0.223 e. The van der Waals surface area contributed by atoms with Gasteiger partial charge in [-0.25, -0.2) is 0 Å². The number of nitrogens with two attached hydrogens (primary N) is 1. The lowest BCUT2D eigenvalue weighted by Crippen LogP contribution is -2.33. The first kappa shape index (κ1) is 12.5. The molecule has 0 heterocycles. The predicted molar refractivity (Wildman–Crippen MR) is 62.4 cm³/mol. The highest BCUT2D eigenvalue weighted by Gasteiger charge is 2.29. The number of hydrogen-bond donors (Lipinski definition) is 2. The van der Waals surface area contributed by atoms with E-state index in [0.717, 1.165) is 25.8 Å². The average molecular weight is 212 g/mol. The van der Waals surface area contributed by atoms with Crippen molar-refractivity contribution in [3.8, 4) is 0 Å². The Hall–Kier alpha value is -0.570. The van der Waals surface area contributed by atoms with Crippen LogP contribution in [0.1, 0.15) is 46.0 Å². The molecule has 1 rings (SSSR count). The molecule has 0 aromatic carbocycles. The maximum Gasteiger partial charge on any atom is 0.223 e. The molecule has 1 saturated carbocycles. The second-order valence-corrected chi connectivity index (χ2v) is 4.93. The summed E-state index contributed by atoms with van der Waals surface area (Å²) in [5.74, 6) is 1.09. The minimum atomic E-state index is 0.243. The van der Waals surface area contributed by atoms with Crippen molar-refractivity contribution in [3.63, 3.8) is 0 Å². The predicted octanol–water partition coefficient (Wildman–Crippen LogP) is 1.67. The van der Waals surface area contributed by atoms with E-state index in [-0.39, 0.29) is 17.9 Å². The minimum Gasteiger partial charge on any atom is -0.356 e. The minimum absolute atomic E-state index is 0.243. The van der Waals surface area contributed by atoms with Gasteiger partial charge in [0, 0.05) is 18.5 Å². The van der Waals surface area contributed by atoms with Gasteiger partial charge in [0.1, 0.15) is 0 Å². The van der Waals surface area contributed by atoms with E-state index in [1.165, 1.54) is 12.8 Å². The molecular formula is C12H24N2O. The lowest BCUT2D eigenvalue weighted by atomic mass is 9.97. The van der Waals surface area contributed by atoms with E-state index in [2.05, 4.69) is 12.2 Å². The van der Waals surface area contributed by atoms with E-state index in [1.807, 2.05) is 6.92 Å². The van der Waals surface area contributed by atoms with Crippen molar-refractivity contribution >= 4 is 5.91 Å². The Morgan fingerprint density at radius 2 is 2.27 bits per heavy atom. The zero-order valence-corrected chi connectivity index (χ0v) is 9.96. The van der Waals surface area contributed by atoms with Crippen LogP contribution >= 0.6 is 0 Å². The SMILES string of the molecule is CC(N)CCCNC(=O)C1CCCC1C.